The zero-order valence-electron chi connectivity index (χ0n) is 16.5. The van der Waals surface area contributed by atoms with Crippen molar-refractivity contribution in [2.75, 3.05) is 0 Å². The minimum Gasteiger partial charge on any atom is -0.506 e. The molecule has 4 rings (SSSR count). The Bertz CT molecular complexity index is 1600. The van der Waals surface area contributed by atoms with Crippen molar-refractivity contribution in [1.29, 1.82) is 0 Å². The number of benzene rings is 4. The molecule has 4 aromatic rings. The fraction of sp³-hybridized carbons (Fsp3) is 0. The number of phenols is 1. The van der Waals surface area contributed by atoms with E-state index in [0.29, 0.717) is 11.8 Å². The molecule has 32 heavy (non-hydrogen) atoms. The van der Waals surface area contributed by atoms with Crippen LogP contribution in [0.5, 0.6) is 5.75 Å². The Labute approximate surface area is 205 Å². The van der Waals surface area contributed by atoms with Gasteiger partial charge in [-0.2, -0.15) is 16.8 Å². The van der Waals surface area contributed by atoms with E-state index in [1.54, 1.807) is 12.1 Å². The molecule has 0 unspecified atom stereocenters. The normalized spacial score (nSPS) is 12.3. The van der Waals surface area contributed by atoms with Crippen LogP contribution in [0.25, 0.3) is 21.5 Å². The summed E-state index contributed by atoms with van der Waals surface area (Å²) >= 11 is 0. The molecule has 0 fully saturated rings. The first-order valence-corrected chi connectivity index (χ1v) is 11.6. The minimum absolute atomic E-state index is 0. The summed E-state index contributed by atoms with van der Waals surface area (Å²) in [7, 11) is -9.73. The topological polar surface area (TPSA) is 154 Å². The number of phenolic OH excluding ortho intramolecular Hbond substituents is 1. The first kappa shape index (κ1) is 24.3. The van der Waals surface area contributed by atoms with E-state index in [4.69, 9.17) is 0 Å². The van der Waals surface area contributed by atoms with Gasteiger partial charge in [0.25, 0.3) is 20.2 Å². The molecule has 0 aliphatic heterocycles. The van der Waals surface area contributed by atoms with E-state index in [0.717, 1.165) is 16.8 Å². The van der Waals surface area contributed by atoms with E-state index in [1.165, 1.54) is 12.1 Å². The van der Waals surface area contributed by atoms with Gasteiger partial charge in [-0.3, -0.25) is 9.11 Å². The van der Waals surface area contributed by atoms with Crippen molar-refractivity contribution >= 4 is 82.7 Å². The molecule has 0 saturated heterocycles. The van der Waals surface area contributed by atoms with Gasteiger partial charge in [-0.25, -0.2) is 0 Å². The molecule has 0 amide bonds. The van der Waals surface area contributed by atoms with E-state index < -0.39 is 35.8 Å². The van der Waals surface area contributed by atoms with Crippen LogP contribution in [0.3, 0.4) is 0 Å². The number of hydrogen-bond acceptors (Lipinski definition) is 7. The van der Waals surface area contributed by atoms with Crippen molar-refractivity contribution in [3.8, 4) is 5.75 Å². The van der Waals surface area contributed by atoms with Crippen LogP contribution in [-0.4, -0.2) is 60.6 Å². The molecular weight excluding hydrogens is 467 g/mol. The van der Waals surface area contributed by atoms with E-state index in [9.17, 15) is 31.0 Å². The smallest absolute Gasteiger partial charge is 0.295 e. The van der Waals surface area contributed by atoms with Crippen molar-refractivity contribution in [2.45, 2.75) is 9.79 Å². The number of rotatable bonds is 4. The summed E-state index contributed by atoms with van der Waals surface area (Å²) in [6.07, 6.45) is 0. The number of fused-ring (bicyclic) bond motifs is 2. The van der Waals surface area contributed by atoms with Crippen LogP contribution in [0.1, 0.15) is 0 Å². The Morgan fingerprint density at radius 2 is 1.41 bits per heavy atom. The zero-order valence-corrected chi connectivity index (χ0v) is 20.2. The van der Waals surface area contributed by atoms with Crippen LogP contribution in [0, 0.1) is 0 Å². The van der Waals surface area contributed by atoms with Gasteiger partial charge in [0, 0.05) is 40.3 Å². The van der Waals surface area contributed by atoms with Crippen LogP contribution in [0.15, 0.2) is 86.7 Å². The van der Waals surface area contributed by atoms with Crippen LogP contribution in [0.2, 0.25) is 0 Å². The average Bonchev–Trinajstić information content (AvgIpc) is 2.71. The second-order valence-electron chi connectivity index (χ2n) is 6.60. The van der Waals surface area contributed by atoms with Gasteiger partial charge in [0.2, 0.25) is 0 Å². The van der Waals surface area contributed by atoms with Crippen LogP contribution < -0.4 is 0 Å². The van der Waals surface area contributed by atoms with Gasteiger partial charge >= 0.3 is 0 Å². The first-order chi connectivity index (χ1) is 14.6. The Morgan fingerprint density at radius 3 is 2.09 bits per heavy atom. The molecule has 0 saturated carbocycles. The molecule has 159 valence electrons. The van der Waals surface area contributed by atoms with E-state index in [2.05, 4.69) is 10.2 Å². The summed E-state index contributed by atoms with van der Waals surface area (Å²) < 4.78 is 66.0. The van der Waals surface area contributed by atoms with Crippen LogP contribution in [0.4, 0.5) is 11.4 Å². The third-order valence-electron chi connectivity index (χ3n) is 4.61. The summed E-state index contributed by atoms with van der Waals surface area (Å²) in [6, 6.07) is 16.6. The molecule has 0 aromatic heterocycles. The molecule has 4 aromatic carbocycles. The number of nitrogens with zero attached hydrogens (tertiary/aromatic N) is 2. The number of hydrogen-bond donors (Lipinski definition) is 3. The fourth-order valence-electron chi connectivity index (χ4n) is 3.22. The molecule has 0 heterocycles. The molecule has 0 bridgehead atoms. The summed E-state index contributed by atoms with van der Waals surface area (Å²) in [5, 5.41) is 19.8. The van der Waals surface area contributed by atoms with Gasteiger partial charge in [-0.1, -0.05) is 42.5 Å². The van der Waals surface area contributed by atoms with Crippen molar-refractivity contribution in [3.05, 3.63) is 66.7 Å². The van der Waals surface area contributed by atoms with Crippen molar-refractivity contribution in [2.24, 2.45) is 10.2 Å². The Balaban J connectivity index is 0.00000289. The van der Waals surface area contributed by atoms with Gasteiger partial charge in [-0.05, 0) is 35.0 Å². The van der Waals surface area contributed by atoms with E-state index in [1.807, 2.05) is 30.3 Å². The third kappa shape index (κ3) is 4.69. The second kappa shape index (κ2) is 8.87. The minimum atomic E-state index is -4.96. The third-order valence-corrected chi connectivity index (χ3v) is 6.32. The van der Waals surface area contributed by atoms with E-state index >= 15 is 0 Å². The van der Waals surface area contributed by atoms with Gasteiger partial charge in [-0.15, -0.1) is 10.2 Å². The van der Waals surface area contributed by atoms with E-state index in [-0.39, 0.29) is 46.0 Å². The number of azo groups is 1. The molecule has 12 heteroatoms. The molecule has 0 atom stereocenters. The summed E-state index contributed by atoms with van der Waals surface area (Å²) in [4.78, 5) is -1.59. The quantitative estimate of drug-likeness (QED) is 0.224. The Kier molecular flexibility index (Phi) is 6.72. The number of aromatic hydroxyl groups is 1. The molecule has 3 N–H and O–H groups in total. The molecule has 0 aliphatic rings. The van der Waals surface area contributed by atoms with Gasteiger partial charge in [0.15, 0.2) is 0 Å². The van der Waals surface area contributed by atoms with Crippen molar-refractivity contribution in [1.82, 2.24) is 0 Å². The van der Waals surface area contributed by atoms with Crippen molar-refractivity contribution in [3.63, 3.8) is 0 Å². The molecule has 9 nitrogen and oxygen atoms in total. The van der Waals surface area contributed by atoms with Crippen LogP contribution in [-0.2, 0) is 20.2 Å². The maximum Gasteiger partial charge on any atom is 0.295 e. The average molecular weight is 481 g/mol. The van der Waals surface area contributed by atoms with Crippen molar-refractivity contribution < 1.29 is 31.0 Å². The predicted octanol–water partition coefficient (Wildman–Crippen LogP) is 4.23. The summed E-state index contributed by atoms with van der Waals surface area (Å²) in [6.45, 7) is 0. The standard InChI is InChI=1S/C20H14N2O7S2.Na/c23-17-9-8-13-10-14(30(24,25)26)11-18(31(27,28)29)19(13)20(17)22-21-16-7-3-5-12-4-1-2-6-15(12)16;/h1-11,23H,(H,24,25,26)(H,27,28,29);. The first-order valence-electron chi connectivity index (χ1n) is 8.70. The molecule has 0 aliphatic carbocycles. The maximum absolute atomic E-state index is 12.0. The maximum atomic E-state index is 12.0. The molecular formula is C20H14N2NaO7S2. The largest absolute Gasteiger partial charge is 0.506 e. The predicted molar refractivity (Wildman–Crippen MR) is 119 cm³/mol. The monoisotopic (exact) mass is 481 g/mol. The molecule has 0 spiro atoms. The van der Waals surface area contributed by atoms with Gasteiger partial charge < -0.3 is 5.11 Å². The van der Waals surface area contributed by atoms with Crippen LogP contribution >= 0.6 is 0 Å². The Morgan fingerprint density at radius 1 is 0.719 bits per heavy atom. The zero-order chi connectivity index (χ0) is 22.4. The summed E-state index contributed by atoms with van der Waals surface area (Å²) in [5.74, 6) is -0.444. The Hall–Kier alpha value is -2.38. The second-order valence-corrected chi connectivity index (χ2v) is 9.41. The molecule has 1 radical (unpaired) electrons. The summed E-state index contributed by atoms with van der Waals surface area (Å²) in [5.41, 5.74) is 0.150. The fourth-order valence-corrected chi connectivity index (χ4v) is 4.59. The van der Waals surface area contributed by atoms with Gasteiger partial charge in [0.1, 0.15) is 16.3 Å². The SMILES string of the molecule is O=S(=O)(O)c1cc(S(=O)(=O)O)c2c(N=Nc3cccc4ccccc34)c(O)ccc2c1.[Na]. The van der Waals surface area contributed by atoms with Gasteiger partial charge in [0.05, 0.1) is 10.6 Å².